The number of nitrogens with zero attached hydrogens (tertiary/aromatic N) is 4. The van der Waals surface area contributed by atoms with Crippen LogP contribution < -0.4 is 30.1 Å². The Labute approximate surface area is 580 Å². The molecule has 3 aromatic heterocycles. The minimum absolute atomic E-state index is 0.0396. The van der Waals surface area contributed by atoms with Crippen molar-refractivity contribution >= 4 is 61.7 Å². The molecule has 5 nitrogen and oxygen atoms in total. The maximum atomic E-state index is 11.1. The van der Waals surface area contributed by atoms with E-state index in [1.165, 1.54) is 63.7 Å². The molecule has 0 bridgehead atoms. The molecule has 12 aromatic carbocycles. The summed E-state index contributed by atoms with van der Waals surface area (Å²) >= 11 is 0. The van der Waals surface area contributed by atoms with Crippen molar-refractivity contribution < 1.29 is 54.5 Å². The lowest BCUT2D eigenvalue weighted by atomic mass is 9.85. The number of hydrogen-bond acceptors (Lipinski definition) is 2. The van der Waals surface area contributed by atoms with Gasteiger partial charge in [-0.25, -0.2) is 4.98 Å². The van der Waals surface area contributed by atoms with Crippen LogP contribution in [-0.2, 0) is 5.41 Å². The van der Waals surface area contributed by atoms with E-state index in [4.69, 9.17) is 33.0 Å². The maximum absolute atomic E-state index is 11.1. The van der Waals surface area contributed by atoms with Crippen LogP contribution in [0.15, 0.2) is 303 Å². The zero-order chi connectivity index (χ0) is 90.2. The van der Waals surface area contributed by atoms with E-state index in [9.17, 15) is 21.9 Å². The molecule has 0 amide bonds. The number of hydrogen-bond donors (Lipinski definition) is 0. The van der Waals surface area contributed by atoms with Gasteiger partial charge in [-0.3, -0.25) is 13.7 Å². The first kappa shape index (κ1) is 31.0. The number of para-hydroxylation sites is 2. The van der Waals surface area contributed by atoms with Crippen molar-refractivity contribution in [2.24, 2.45) is 0 Å². The van der Waals surface area contributed by atoms with Gasteiger partial charge in [-0.15, -0.1) is 0 Å². The Morgan fingerprint density at radius 2 is 1.09 bits per heavy atom. The smallest absolute Gasteiger partial charge is 0.269 e. The largest absolute Gasteiger partial charge is 0.458 e. The van der Waals surface area contributed by atoms with Gasteiger partial charge in [0.15, 0.2) is 8.07 Å². The average Bonchev–Trinajstić information content (AvgIpc) is 0.867. The van der Waals surface area contributed by atoms with Crippen molar-refractivity contribution in [1.82, 2.24) is 14.1 Å². The van der Waals surface area contributed by atoms with E-state index < -0.39 is 205 Å². The highest BCUT2D eigenvalue weighted by atomic mass is 28.3. The molecule has 6 heteroatoms. The topological polar surface area (TPSA) is 35.9 Å². The summed E-state index contributed by atoms with van der Waals surface area (Å²) in [6.07, 6.45) is 4.63. The normalized spacial score (nSPS) is 17.4. The van der Waals surface area contributed by atoms with Gasteiger partial charge in [-0.05, 0) is 156 Å². The summed E-state index contributed by atoms with van der Waals surface area (Å²) in [5.74, 6) is 0.385. The molecule has 15 aromatic rings. The van der Waals surface area contributed by atoms with Crippen molar-refractivity contribution in [2.75, 3.05) is 0 Å². The summed E-state index contributed by atoms with van der Waals surface area (Å²) in [5, 5.41) is -2.87. The summed E-state index contributed by atoms with van der Waals surface area (Å²) < 4.78 is 316. The summed E-state index contributed by atoms with van der Waals surface area (Å²) in [6, 6.07) is 15.4. The Kier molecular flexibility index (Phi) is 7.91. The molecule has 0 saturated heterocycles. The van der Waals surface area contributed by atoms with Crippen molar-refractivity contribution in [3.05, 3.63) is 331 Å². The van der Waals surface area contributed by atoms with Gasteiger partial charge in [0.05, 0.1) is 66.3 Å². The number of aromatic nitrogens is 4. The molecule has 438 valence electrons. The average molecular weight is 1220 g/mol. The van der Waals surface area contributed by atoms with Crippen LogP contribution in [0, 0.1) is 26.9 Å². The number of imidazole rings is 1. The lowest BCUT2D eigenvalue weighted by Gasteiger charge is -2.34. The Morgan fingerprint density at radius 3 is 1.79 bits per heavy atom. The van der Waals surface area contributed by atoms with Gasteiger partial charge in [-0.2, -0.15) is 0 Å². The number of pyridine rings is 1. The minimum Gasteiger partial charge on any atom is -0.458 e. The van der Waals surface area contributed by atoms with Crippen LogP contribution in [0.3, 0.4) is 0 Å². The highest BCUT2D eigenvalue weighted by Crippen LogP contribution is 2.40. The first-order chi connectivity index (χ1) is 58.1. The third kappa shape index (κ3) is 10.2. The lowest BCUT2D eigenvalue weighted by molar-refractivity contribution is -0.571. The van der Waals surface area contributed by atoms with E-state index in [1.54, 1.807) is 83.4 Å². The summed E-state index contributed by atoms with van der Waals surface area (Å²) in [4.78, 5) is 4.72. The molecule has 91 heavy (non-hydrogen) atoms. The maximum Gasteiger partial charge on any atom is 0.269 e. The van der Waals surface area contributed by atoms with Crippen LogP contribution in [0.5, 0.6) is 11.5 Å². The standard InChI is InChI=1S/C85H68N4OSi/c1-58-26-21-27-59(2)83(58)64-46-49-79-81(53-64)87(66-33-24-34-67(54-66)90-68-47-48-76-75-42-19-20-45-78(75)89(80(76)55-68)82-50-60(3)77(56-86-82)61-28-11-7-12-29-61)57-88(79)84-73(62-30-22-32-65(51-62)85(4,5)6)43-25-44-74(84)63-31-23-41-72(52-63)91(69-35-13-8-14-36-69,70-37-15-9-16-38-70)71-39-17-10-18-40-71/h7-56H,1-6H3/i1D3,2D3,3D3,7D,8D,9D,10D,11D,12D,13D,14D,15D,16D,17D,18D,23D,28D,29D,31D,35D,36D,37D,38D,39D,40D,41D,52D. The van der Waals surface area contributed by atoms with Gasteiger partial charge >= 0.3 is 0 Å². The molecule has 0 radical (unpaired) electrons. The predicted octanol–water partition coefficient (Wildman–Crippen LogP) is 18.3. The predicted molar refractivity (Wildman–Crippen MR) is 381 cm³/mol. The van der Waals surface area contributed by atoms with Crippen LogP contribution in [-0.4, -0.2) is 22.2 Å². The molecule has 0 aliphatic carbocycles. The summed E-state index contributed by atoms with van der Waals surface area (Å²) in [6.45, 7) is -2.92. The first-order valence-corrected chi connectivity index (χ1v) is 30.7. The van der Waals surface area contributed by atoms with Crippen LogP contribution in [0.2, 0.25) is 0 Å². The fraction of sp³-hybridized carbons (Fsp3) is 0.0824. The fourth-order valence-corrected chi connectivity index (χ4v) is 15.4. The van der Waals surface area contributed by atoms with E-state index in [0.717, 1.165) is 11.8 Å². The van der Waals surface area contributed by atoms with E-state index in [0.29, 0.717) is 27.4 Å². The monoisotopic (exact) mass is 1220 g/mol. The van der Waals surface area contributed by atoms with Gasteiger partial charge in [0.2, 0.25) is 0 Å². The molecule has 0 N–H and O–H groups in total. The fourth-order valence-electron chi connectivity index (χ4n) is 11.8. The summed E-state index contributed by atoms with van der Waals surface area (Å²) in [7, 11) is -6.43. The molecule has 3 heterocycles. The molecule has 0 unspecified atom stereocenters. The lowest BCUT2D eigenvalue weighted by Crippen LogP contribution is -2.74. The molecular weight excluding hydrogens is 1120 g/mol. The van der Waals surface area contributed by atoms with Crippen molar-refractivity contribution in [2.45, 2.75) is 46.7 Å². The number of aryl methyl sites for hydroxylation is 3. The van der Waals surface area contributed by atoms with Crippen LogP contribution >= 0.6 is 0 Å². The molecular formula is C85H68N4OSi. The van der Waals surface area contributed by atoms with Gasteiger partial charge in [-0.1, -0.05) is 263 Å². The van der Waals surface area contributed by atoms with E-state index in [-0.39, 0.29) is 89.8 Å². The van der Waals surface area contributed by atoms with Gasteiger partial charge < -0.3 is 4.74 Å². The second-order valence-corrected chi connectivity index (χ2v) is 26.0. The summed E-state index contributed by atoms with van der Waals surface area (Å²) in [5.41, 5.74) is -0.346. The Morgan fingerprint density at radius 1 is 0.473 bits per heavy atom. The molecule has 0 saturated carbocycles. The Hall–Kier alpha value is -10.9. The molecule has 0 spiro atoms. The van der Waals surface area contributed by atoms with Crippen LogP contribution in [0.25, 0.3) is 94.5 Å². The molecule has 15 rings (SSSR count). The quantitative estimate of drug-likeness (QED) is 0.0499. The number of ether oxygens (including phenoxy) is 1. The van der Waals surface area contributed by atoms with E-state index >= 15 is 0 Å². The third-order valence-corrected chi connectivity index (χ3v) is 20.0. The molecule has 0 fully saturated rings. The van der Waals surface area contributed by atoms with Crippen LogP contribution in [0.4, 0.5) is 0 Å². The molecule has 0 atom stereocenters. The zero-order valence-electron chi connectivity index (χ0n) is 81.7. The highest BCUT2D eigenvalue weighted by Gasteiger charge is 2.41. The van der Waals surface area contributed by atoms with Crippen LogP contribution in [0.1, 0.15) is 88.3 Å². The van der Waals surface area contributed by atoms with Gasteiger partial charge in [0, 0.05) is 40.9 Å². The second-order valence-electron chi connectivity index (χ2n) is 22.5. The van der Waals surface area contributed by atoms with Gasteiger partial charge in [0.1, 0.15) is 17.3 Å². The third-order valence-electron chi connectivity index (χ3n) is 16.0. The zero-order valence-corrected chi connectivity index (χ0v) is 49.7. The van der Waals surface area contributed by atoms with Crippen molar-refractivity contribution in [1.29, 1.82) is 0 Å². The SMILES string of the molecule is [2H]c1c([2H])c([2H])c(-c2cnc(-n3c4ccccc4c4ccc(Oc5cccc(-n6[c-][n+](-c7c(-c8cccc(C(C)(C)C)c8)cccc7-c7c([2H])c([2H])c([2H])c([Si](c8c([2H])c([2H])c([2H])c([2H])c8[2H])(c8c([2H])c([2H])c([2H])c([2H])c8[2H])c8c([2H])c([2H])c([2H])c([2H])c8[2H])c7[2H])c7ccc(-c8c(C([2H])([2H])[2H])cccc8C([2H])([2H])[2H])cc76)c5)cc43)cc2C([2H])([2H])[2H])c([2H])c1[2H]. The Bertz CT molecular complexity index is 6790. The minimum atomic E-state index is -6.43. The second kappa shape index (κ2) is 23.2. The Balaban J connectivity index is 1.04. The van der Waals surface area contributed by atoms with Gasteiger partial charge in [0.25, 0.3) is 6.33 Å². The van der Waals surface area contributed by atoms with Crippen molar-refractivity contribution in [3.63, 3.8) is 0 Å². The van der Waals surface area contributed by atoms with E-state index in [2.05, 4.69) is 6.33 Å². The highest BCUT2D eigenvalue weighted by molar-refractivity contribution is 7.19. The molecule has 0 aliphatic heterocycles. The number of fused-ring (bicyclic) bond motifs is 4. The number of rotatable bonds is 13. The van der Waals surface area contributed by atoms with Crippen molar-refractivity contribution in [3.8, 4) is 73.2 Å². The van der Waals surface area contributed by atoms with E-state index in [1.807, 2.05) is 39.0 Å². The molecule has 0 aliphatic rings. The first-order valence-electron chi connectivity index (χ1n) is 45.2. The number of benzene rings is 12.